The van der Waals surface area contributed by atoms with Gasteiger partial charge in [0.25, 0.3) is 0 Å². The molecule has 4 aliphatic heterocycles. The summed E-state index contributed by atoms with van der Waals surface area (Å²) in [5, 5.41) is 8.46. The first kappa shape index (κ1) is 42.2. The van der Waals surface area contributed by atoms with Crippen molar-refractivity contribution in [2.45, 2.75) is 105 Å². The normalized spacial score (nSPS) is 32.9. The standard InChI is InChI=1S/C62H61N5S/c1-6-18-40(19-7-1)45-34-46(41-20-8-2-9-21-41)36-47(35-45)48-38-54(62-65-60(42-22-10-3-11-23-42)64-61(66-62)43-24-12-4-13-25-43)57(63-39-48)44-30-33-56-53(37-44)52-32-31-51-50-28-16-17-29-55(50)67(58(51)59(52)68-56)49-26-14-5-15-27-49/h1-8,10-14,16-18,20,22-24,29-35,37,39-40,43,47-50,53,56,60,62,65H,9,15,19,21,25-28,36,38H2,(H,64,66). The molecular weight excluding hydrogens is 847 g/mol. The van der Waals surface area contributed by atoms with Crippen molar-refractivity contribution < 1.29 is 0 Å². The average Bonchev–Trinajstić information content (AvgIpc) is 3.97. The van der Waals surface area contributed by atoms with E-state index in [-0.39, 0.29) is 30.1 Å². The lowest BCUT2D eigenvalue weighted by Crippen LogP contribution is -2.54. The van der Waals surface area contributed by atoms with Crippen LogP contribution in [0, 0.1) is 23.7 Å². The van der Waals surface area contributed by atoms with Crippen LogP contribution in [0.2, 0.25) is 0 Å². The van der Waals surface area contributed by atoms with Crippen LogP contribution in [0.25, 0.3) is 0 Å². The molecule has 0 saturated carbocycles. The van der Waals surface area contributed by atoms with Crippen molar-refractivity contribution in [2.24, 2.45) is 33.7 Å². The molecule has 68 heavy (non-hydrogen) atoms. The fraction of sp³-hybridized carbons (Fsp3) is 0.323. The Morgan fingerprint density at radius 2 is 1.56 bits per heavy atom. The number of benzene rings is 2. The first-order valence-corrected chi connectivity index (χ1v) is 26.5. The molecule has 6 heteroatoms. The summed E-state index contributed by atoms with van der Waals surface area (Å²) < 4.78 is 0. The number of amidine groups is 1. The summed E-state index contributed by atoms with van der Waals surface area (Å²) in [4.78, 5) is 15.4. The molecule has 4 heterocycles. The van der Waals surface area contributed by atoms with Gasteiger partial charge in [0.1, 0.15) is 18.2 Å². The minimum absolute atomic E-state index is 0.148. The van der Waals surface area contributed by atoms with E-state index in [1.54, 1.807) is 0 Å². The van der Waals surface area contributed by atoms with Gasteiger partial charge in [0.05, 0.1) is 11.4 Å². The Morgan fingerprint density at radius 1 is 0.706 bits per heavy atom. The van der Waals surface area contributed by atoms with Crippen molar-refractivity contribution in [2.75, 3.05) is 4.90 Å². The van der Waals surface area contributed by atoms with Crippen molar-refractivity contribution in [1.29, 1.82) is 0 Å². The van der Waals surface area contributed by atoms with Crippen molar-refractivity contribution in [1.82, 2.24) is 10.6 Å². The predicted molar refractivity (Wildman–Crippen MR) is 284 cm³/mol. The minimum atomic E-state index is -0.180. The second kappa shape index (κ2) is 18.2. The molecule has 7 aliphatic carbocycles. The van der Waals surface area contributed by atoms with Gasteiger partial charge in [-0.3, -0.25) is 10.3 Å². The zero-order chi connectivity index (χ0) is 45.0. The Balaban J connectivity index is 0.893. The number of allylic oxidation sites excluding steroid dienone is 22. The quantitative estimate of drug-likeness (QED) is 0.259. The van der Waals surface area contributed by atoms with E-state index < -0.39 is 0 Å². The van der Waals surface area contributed by atoms with Gasteiger partial charge in [-0.25, -0.2) is 4.99 Å². The van der Waals surface area contributed by atoms with Gasteiger partial charge in [-0.05, 0) is 121 Å². The third kappa shape index (κ3) is 7.78. The SMILES string of the molecule is C1=CCCC(C2=CC(C3C=CC=CC3)=CC(C3C=NC(C4=CC5c6ccc7c(c6SC5C=C4)N(C4CC=CCC4)C4=CC=CCC47)=C(C4NC(C5C=CC=CC5)=NC(c5ccccc5)N4)C3)C2)=C1. The molecule has 0 amide bonds. The highest BCUT2D eigenvalue weighted by atomic mass is 32.2. The number of hydrogen-bond donors (Lipinski definition) is 2. The van der Waals surface area contributed by atoms with E-state index in [1.165, 1.54) is 67.3 Å². The van der Waals surface area contributed by atoms with Crippen molar-refractivity contribution in [3.63, 3.8) is 0 Å². The van der Waals surface area contributed by atoms with E-state index in [2.05, 4.69) is 204 Å². The third-order valence-corrected chi connectivity index (χ3v) is 17.7. The molecule has 2 N–H and O–H groups in total. The topological polar surface area (TPSA) is 52.0 Å². The minimum Gasteiger partial charge on any atom is -0.354 e. The smallest absolute Gasteiger partial charge is 0.129 e. The maximum Gasteiger partial charge on any atom is 0.129 e. The summed E-state index contributed by atoms with van der Waals surface area (Å²) in [6.07, 6.45) is 62.3. The number of hydrogen-bond acceptors (Lipinski definition) is 6. The first-order chi connectivity index (χ1) is 33.7. The zero-order valence-electron chi connectivity index (χ0n) is 38.8. The summed E-state index contributed by atoms with van der Waals surface area (Å²) in [7, 11) is 0. The van der Waals surface area contributed by atoms with Crippen LogP contribution in [0.4, 0.5) is 5.69 Å². The predicted octanol–water partition coefficient (Wildman–Crippen LogP) is 14.0. The molecule has 13 rings (SSSR count). The summed E-state index contributed by atoms with van der Waals surface area (Å²) in [5.41, 5.74) is 15.3. The monoisotopic (exact) mass is 907 g/mol. The average molecular weight is 908 g/mol. The molecule has 5 nitrogen and oxygen atoms in total. The molecule has 0 fully saturated rings. The fourth-order valence-corrected chi connectivity index (χ4v) is 14.3. The maximum absolute atomic E-state index is 5.68. The van der Waals surface area contributed by atoms with Gasteiger partial charge < -0.3 is 10.2 Å². The molecule has 340 valence electrons. The van der Waals surface area contributed by atoms with Gasteiger partial charge in [-0.1, -0.05) is 164 Å². The van der Waals surface area contributed by atoms with Gasteiger partial charge in [0.2, 0.25) is 0 Å². The Kier molecular flexibility index (Phi) is 11.3. The fourth-order valence-electron chi connectivity index (χ4n) is 12.8. The van der Waals surface area contributed by atoms with Gasteiger partial charge >= 0.3 is 0 Å². The van der Waals surface area contributed by atoms with E-state index >= 15 is 0 Å². The molecule has 2 aromatic carbocycles. The second-order valence-corrected chi connectivity index (χ2v) is 21.6. The van der Waals surface area contributed by atoms with Crippen LogP contribution in [0.3, 0.4) is 0 Å². The van der Waals surface area contributed by atoms with E-state index in [0.717, 1.165) is 69.3 Å². The maximum atomic E-state index is 5.68. The van der Waals surface area contributed by atoms with Crippen LogP contribution >= 0.6 is 11.8 Å². The number of aliphatic imine (C=N–C) groups is 2. The molecule has 0 saturated heterocycles. The molecule has 11 aliphatic rings. The van der Waals surface area contributed by atoms with E-state index in [4.69, 9.17) is 9.98 Å². The highest BCUT2D eigenvalue weighted by Gasteiger charge is 2.45. The Morgan fingerprint density at radius 3 is 2.38 bits per heavy atom. The van der Waals surface area contributed by atoms with Crippen molar-refractivity contribution in [3.8, 4) is 0 Å². The van der Waals surface area contributed by atoms with Crippen LogP contribution in [-0.4, -0.2) is 29.5 Å². The summed E-state index contributed by atoms with van der Waals surface area (Å²) in [6, 6.07) is 16.3. The molecule has 0 spiro atoms. The number of nitrogens with one attached hydrogen (secondary N) is 2. The lowest BCUT2D eigenvalue weighted by atomic mass is 9.73. The molecule has 0 aromatic heterocycles. The zero-order valence-corrected chi connectivity index (χ0v) is 39.7. The van der Waals surface area contributed by atoms with Crippen LogP contribution in [0.15, 0.2) is 224 Å². The van der Waals surface area contributed by atoms with Gasteiger partial charge in [0, 0.05) is 57.7 Å². The van der Waals surface area contributed by atoms with Gasteiger partial charge in [-0.2, -0.15) is 0 Å². The summed E-state index contributed by atoms with van der Waals surface area (Å²) >= 11 is 2.10. The lowest BCUT2D eigenvalue weighted by molar-refractivity contribution is 0.395. The molecule has 0 bridgehead atoms. The first-order valence-electron chi connectivity index (χ1n) is 25.6. The van der Waals surface area contributed by atoms with Crippen LogP contribution in [0.1, 0.15) is 98.9 Å². The number of rotatable bonds is 8. The molecule has 0 radical (unpaired) electrons. The molecule has 10 unspecified atom stereocenters. The molecular formula is C62H61N5S. The van der Waals surface area contributed by atoms with Crippen LogP contribution < -0.4 is 15.5 Å². The molecule has 2 aromatic rings. The second-order valence-electron chi connectivity index (χ2n) is 20.4. The van der Waals surface area contributed by atoms with E-state index in [9.17, 15) is 0 Å². The third-order valence-electron chi connectivity index (χ3n) is 16.3. The summed E-state index contributed by atoms with van der Waals surface area (Å²) in [6.45, 7) is 0. The van der Waals surface area contributed by atoms with E-state index in [0.29, 0.717) is 29.0 Å². The van der Waals surface area contributed by atoms with Gasteiger partial charge in [-0.15, -0.1) is 11.8 Å². The van der Waals surface area contributed by atoms with Crippen molar-refractivity contribution >= 4 is 29.5 Å². The van der Waals surface area contributed by atoms with E-state index in [1.807, 2.05) is 0 Å². The highest BCUT2D eigenvalue weighted by Crippen LogP contribution is 2.60. The lowest BCUT2D eigenvalue weighted by Gasteiger charge is -2.39. The van der Waals surface area contributed by atoms with Gasteiger partial charge in [0.15, 0.2) is 0 Å². The number of anilines is 1. The molecule has 10 atom stereocenters. The number of nitrogens with zero attached hydrogens (tertiary/aromatic N) is 3. The Hall–Kier alpha value is -5.95. The highest BCUT2D eigenvalue weighted by molar-refractivity contribution is 8.00. The van der Waals surface area contributed by atoms with Crippen LogP contribution in [0.5, 0.6) is 0 Å². The largest absolute Gasteiger partial charge is 0.354 e. The number of fused-ring (bicyclic) bond motifs is 7. The number of thioether (sulfide) groups is 1. The van der Waals surface area contributed by atoms with Crippen molar-refractivity contribution in [3.05, 3.63) is 226 Å². The summed E-state index contributed by atoms with van der Waals surface area (Å²) in [5.74, 6) is 2.94. The van der Waals surface area contributed by atoms with Crippen LogP contribution in [-0.2, 0) is 0 Å². The Bertz CT molecular complexity index is 2900. The Labute approximate surface area is 407 Å².